The van der Waals surface area contributed by atoms with Gasteiger partial charge in [-0.15, -0.1) is 0 Å². The number of carbonyl (C=O) groups excluding carboxylic acids is 1. The lowest BCUT2D eigenvalue weighted by molar-refractivity contribution is 0.00426. The molecule has 5 nitrogen and oxygen atoms in total. The molecule has 1 N–H and O–H groups in total. The number of hydrogen-bond acceptors (Lipinski definition) is 4. The number of nitrogens with one attached hydrogen (secondary N) is 1. The Labute approximate surface area is 116 Å². The van der Waals surface area contributed by atoms with Crippen molar-refractivity contribution in [3.63, 3.8) is 0 Å². The number of H-pyrrole nitrogens is 1. The number of aromatic nitrogens is 1. The zero-order chi connectivity index (χ0) is 14.0. The van der Waals surface area contributed by atoms with Crippen LogP contribution in [-0.4, -0.2) is 25.5 Å². The minimum atomic E-state index is -3.83. The molecule has 1 aromatic heterocycles. The maximum atomic E-state index is 11.9. The van der Waals surface area contributed by atoms with Crippen LogP contribution in [0.2, 0.25) is 0 Å². The second-order valence-corrected chi connectivity index (χ2v) is 7.46. The lowest BCUT2D eigenvalue weighted by atomic mass is 9.88. The number of ether oxygens (including phenoxy) is 1. The topological polar surface area (TPSA) is 76.2 Å². The fourth-order valence-electron chi connectivity index (χ4n) is 2.29. The van der Waals surface area contributed by atoms with Gasteiger partial charge in [0.05, 0.1) is 0 Å². The van der Waals surface area contributed by atoms with Gasteiger partial charge in [-0.2, -0.15) is 0 Å². The lowest BCUT2D eigenvalue weighted by Crippen LogP contribution is -2.28. The van der Waals surface area contributed by atoms with Crippen molar-refractivity contribution in [3.05, 3.63) is 18.0 Å². The standard InChI is InChI=1S/C12H16ClNO4S/c1-8-4-2-3-5-11(8)18-12(15)10-6-9(7-14-10)19(13,16)17/h6-8,11,14H,2-5H2,1H3. The summed E-state index contributed by atoms with van der Waals surface area (Å²) in [7, 11) is 1.37. The van der Waals surface area contributed by atoms with Crippen molar-refractivity contribution in [2.24, 2.45) is 5.92 Å². The number of hydrogen-bond donors (Lipinski definition) is 1. The number of halogens is 1. The van der Waals surface area contributed by atoms with E-state index in [-0.39, 0.29) is 16.7 Å². The summed E-state index contributed by atoms with van der Waals surface area (Å²) in [6, 6.07) is 1.19. The Morgan fingerprint density at radius 2 is 2.11 bits per heavy atom. The number of rotatable bonds is 3. The van der Waals surface area contributed by atoms with Crippen molar-refractivity contribution in [1.29, 1.82) is 0 Å². The van der Waals surface area contributed by atoms with E-state index in [9.17, 15) is 13.2 Å². The van der Waals surface area contributed by atoms with Gasteiger partial charge in [-0.1, -0.05) is 13.3 Å². The number of carbonyl (C=O) groups is 1. The Hall–Kier alpha value is -1.01. The molecule has 0 aliphatic heterocycles. The van der Waals surface area contributed by atoms with Crippen molar-refractivity contribution in [2.45, 2.75) is 43.6 Å². The van der Waals surface area contributed by atoms with E-state index in [0.717, 1.165) is 25.7 Å². The molecule has 106 valence electrons. The van der Waals surface area contributed by atoms with Crippen LogP contribution < -0.4 is 0 Å². The summed E-state index contributed by atoms with van der Waals surface area (Å²) in [5.74, 6) is -0.200. The minimum Gasteiger partial charge on any atom is -0.457 e. The molecular formula is C12H16ClNO4S. The van der Waals surface area contributed by atoms with Gasteiger partial charge in [0.15, 0.2) is 0 Å². The van der Waals surface area contributed by atoms with Gasteiger partial charge in [0.25, 0.3) is 9.05 Å². The van der Waals surface area contributed by atoms with E-state index >= 15 is 0 Å². The molecule has 2 rings (SSSR count). The molecule has 1 aliphatic carbocycles. The SMILES string of the molecule is CC1CCCCC1OC(=O)c1cc(S(=O)(=O)Cl)c[nH]1. The third-order valence-electron chi connectivity index (χ3n) is 3.45. The largest absolute Gasteiger partial charge is 0.457 e. The van der Waals surface area contributed by atoms with Crippen molar-refractivity contribution in [1.82, 2.24) is 4.98 Å². The van der Waals surface area contributed by atoms with E-state index in [1.165, 1.54) is 12.3 Å². The molecule has 1 saturated carbocycles. The fraction of sp³-hybridized carbons (Fsp3) is 0.583. The van der Waals surface area contributed by atoms with E-state index < -0.39 is 15.0 Å². The highest BCUT2D eigenvalue weighted by molar-refractivity contribution is 8.13. The monoisotopic (exact) mass is 305 g/mol. The van der Waals surface area contributed by atoms with Gasteiger partial charge >= 0.3 is 5.97 Å². The smallest absolute Gasteiger partial charge is 0.355 e. The van der Waals surface area contributed by atoms with Crippen LogP contribution in [0.15, 0.2) is 17.2 Å². The minimum absolute atomic E-state index is 0.0967. The summed E-state index contributed by atoms with van der Waals surface area (Å²) in [5.41, 5.74) is 0.108. The molecule has 19 heavy (non-hydrogen) atoms. The van der Waals surface area contributed by atoms with Crippen LogP contribution in [0.25, 0.3) is 0 Å². The second-order valence-electron chi connectivity index (χ2n) is 4.89. The van der Waals surface area contributed by atoms with E-state index in [1.807, 2.05) is 0 Å². The van der Waals surface area contributed by atoms with Gasteiger partial charge in [0, 0.05) is 16.9 Å². The van der Waals surface area contributed by atoms with Crippen molar-refractivity contribution >= 4 is 25.7 Å². The molecule has 0 amide bonds. The van der Waals surface area contributed by atoms with Crippen molar-refractivity contribution in [2.75, 3.05) is 0 Å². The molecule has 1 fully saturated rings. The van der Waals surface area contributed by atoms with Crippen LogP contribution in [0, 0.1) is 5.92 Å². The third kappa shape index (κ3) is 3.51. The van der Waals surface area contributed by atoms with E-state index in [1.54, 1.807) is 0 Å². The molecule has 1 aromatic rings. The second kappa shape index (κ2) is 5.54. The summed E-state index contributed by atoms with van der Waals surface area (Å²) >= 11 is 0. The van der Waals surface area contributed by atoms with Crippen molar-refractivity contribution < 1.29 is 17.9 Å². The highest BCUT2D eigenvalue weighted by Gasteiger charge is 2.26. The summed E-state index contributed by atoms with van der Waals surface area (Å²) in [4.78, 5) is 14.4. The molecule has 1 aliphatic rings. The Balaban J connectivity index is 2.06. The van der Waals surface area contributed by atoms with Crippen LogP contribution >= 0.6 is 10.7 Å². The summed E-state index contributed by atoms with van der Waals surface area (Å²) in [6.07, 6.45) is 5.20. The van der Waals surface area contributed by atoms with Gasteiger partial charge in [-0.25, -0.2) is 13.2 Å². The number of esters is 1. The molecule has 1 heterocycles. The molecule has 0 aromatic carbocycles. The average molecular weight is 306 g/mol. The zero-order valence-electron chi connectivity index (χ0n) is 10.6. The van der Waals surface area contributed by atoms with E-state index in [4.69, 9.17) is 15.4 Å². The Morgan fingerprint density at radius 1 is 1.42 bits per heavy atom. The zero-order valence-corrected chi connectivity index (χ0v) is 12.1. The maximum absolute atomic E-state index is 11.9. The first-order valence-corrected chi connectivity index (χ1v) is 8.53. The Morgan fingerprint density at radius 3 is 2.68 bits per heavy atom. The third-order valence-corrected chi connectivity index (χ3v) is 4.78. The van der Waals surface area contributed by atoms with Crippen molar-refractivity contribution in [3.8, 4) is 0 Å². The number of aromatic amines is 1. The van der Waals surface area contributed by atoms with Crippen LogP contribution in [0.1, 0.15) is 43.1 Å². The van der Waals surface area contributed by atoms with Gasteiger partial charge in [0.1, 0.15) is 16.7 Å². The maximum Gasteiger partial charge on any atom is 0.355 e. The normalized spacial score (nSPS) is 24.1. The summed E-state index contributed by atoms with van der Waals surface area (Å²) in [5, 5.41) is 0. The molecule has 0 saturated heterocycles. The first kappa shape index (κ1) is 14.4. The molecular weight excluding hydrogens is 290 g/mol. The van der Waals surface area contributed by atoms with Gasteiger partial charge in [-0.3, -0.25) is 0 Å². The molecule has 0 spiro atoms. The predicted molar refractivity (Wildman–Crippen MR) is 70.7 cm³/mol. The molecule has 0 bridgehead atoms. The highest BCUT2D eigenvalue weighted by Crippen LogP contribution is 2.27. The fourth-order valence-corrected chi connectivity index (χ4v) is 3.02. The summed E-state index contributed by atoms with van der Waals surface area (Å²) in [6.45, 7) is 2.06. The first-order chi connectivity index (χ1) is 8.88. The van der Waals surface area contributed by atoms with E-state index in [2.05, 4.69) is 11.9 Å². The molecule has 2 atom stereocenters. The van der Waals surface area contributed by atoms with Gasteiger partial charge in [-0.05, 0) is 31.2 Å². The highest BCUT2D eigenvalue weighted by atomic mass is 35.7. The lowest BCUT2D eigenvalue weighted by Gasteiger charge is -2.28. The molecule has 7 heteroatoms. The van der Waals surface area contributed by atoms with Crippen LogP contribution in [0.3, 0.4) is 0 Å². The molecule has 2 unspecified atom stereocenters. The Kier molecular flexibility index (Phi) is 4.20. The van der Waals surface area contributed by atoms with E-state index in [0.29, 0.717) is 5.92 Å². The average Bonchev–Trinajstić information content (AvgIpc) is 2.81. The first-order valence-electron chi connectivity index (χ1n) is 6.22. The summed E-state index contributed by atoms with van der Waals surface area (Å²) < 4.78 is 27.6. The Bertz CT molecular complexity index is 566. The predicted octanol–water partition coefficient (Wildman–Crippen LogP) is 2.68. The van der Waals surface area contributed by atoms with Gasteiger partial charge < -0.3 is 9.72 Å². The van der Waals surface area contributed by atoms with Gasteiger partial charge in [0.2, 0.25) is 0 Å². The molecule has 0 radical (unpaired) electrons. The van der Waals surface area contributed by atoms with Crippen LogP contribution in [0.4, 0.5) is 0 Å². The van der Waals surface area contributed by atoms with Crippen LogP contribution in [-0.2, 0) is 13.8 Å². The van der Waals surface area contributed by atoms with Crippen LogP contribution in [0.5, 0.6) is 0 Å². The quantitative estimate of drug-likeness (QED) is 0.688.